The van der Waals surface area contributed by atoms with Crippen molar-refractivity contribution < 1.29 is 23.2 Å². The molecule has 2 aromatic carbocycles. The van der Waals surface area contributed by atoms with Gasteiger partial charge in [0.05, 0.1) is 20.6 Å². The van der Waals surface area contributed by atoms with E-state index in [1.807, 2.05) is 6.07 Å². The number of benzene rings is 2. The summed E-state index contributed by atoms with van der Waals surface area (Å²) in [5, 5.41) is 4.00. The van der Waals surface area contributed by atoms with Gasteiger partial charge in [-0.2, -0.15) is 4.98 Å². The lowest BCUT2D eigenvalue weighted by Gasteiger charge is -2.22. The standard InChI is InChI=1S/C22H22FN3O4/c1-28-18-10-5-14(12-19(18)29-2)13-20(27)26-11-3-4-17(26)22-24-21(25-30-22)15-6-8-16(23)9-7-15/h5-10,12,17H,3-4,11,13H2,1-2H3. The minimum absolute atomic E-state index is 0.0220. The molecular formula is C22H22FN3O4. The van der Waals surface area contributed by atoms with Crippen molar-refractivity contribution in [3.05, 3.63) is 59.7 Å². The maximum absolute atomic E-state index is 13.1. The topological polar surface area (TPSA) is 77.7 Å². The Kier molecular flexibility index (Phi) is 5.65. The van der Waals surface area contributed by atoms with Crippen LogP contribution in [0.2, 0.25) is 0 Å². The molecule has 1 amide bonds. The predicted octanol–water partition coefficient (Wildman–Crippen LogP) is 3.80. The highest BCUT2D eigenvalue weighted by molar-refractivity contribution is 5.79. The third kappa shape index (κ3) is 3.98. The summed E-state index contributed by atoms with van der Waals surface area (Å²) in [7, 11) is 3.14. The zero-order valence-corrected chi connectivity index (χ0v) is 16.8. The van der Waals surface area contributed by atoms with Crippen molar-refractivity contribution in [1.29, 1.82) is 0 Å². The molecule has 156 valence electrons. The van der Waals surface area contributed by atoms with Crippen LogP contribution < -0.4 is 9.47 Å². The number of rotatable bonds is 6. The summed E-state index contributed by atoms with van der Waals surface area (Å²) in [4.78, 5) is 19.2. The average molecular weight is 411 g/mol. The van der Waals surface area contributed by atoms with Crippen molar-refractivity contribution in [3.63, 3.8) is 0 Å². The molecule has 1 aromatic heterocycles. The largest absolute Gasteiger partial charge is 0.493 e. The predicted molar refractivity (Wildman–Crippen MR) is 107 cm³/mol. The number of nitrogens with zero attached hydrogens (tertiary/aromatic N) is 3. The van der Waals surface area contributed by atoms with Gasteiger partial charge >= 0.3 is 0 Å². The van der Waals surface area contributed by atoms with Crippen molar-refractivity contribution in [2.75, 3.05) is 20.8 Å². The second kappa shape index (κ2) is 8.52. The highest BCUT2D eigenvalue weighted by Gasteiger charge is 2.34. The van der Waals surface area contributed by atoms with E-state index >= 15 is 0 Å². The molecule has 7 nitrogen and oxygen atoms in total. The van der Waals surface area contributed by atoms with Crippen LogP contribution in [0.25, 0.3) is 11.4 Å². The van der Waals surface area contributed by atoms with E-state index in [4.69, 9.17) is 14.0 Å². The molecule has 0 spiro atoms. The highest BCUT2D eigenvalue weighted by Crippen LogP contribution is 2.33. The lowest BCUT2D eigenvalue weighted by molar-refractivity contribution is -0.131. The number of hydrogen-bond donors (Lipinski definition) is 0. The van der Waals surface area contributed by atoms with Gasteiger partial charge in [-0.15, -0.1) is 0 Å². The van der Waals surface area contributed by atoms with Gasteiger partial charge in [-0.3, -0.25) is 4.79 Å². The molecule has 0 aliphatic carbocycles. The first-order chi connectivity index (χ1) is 14.6. The molecule has 1 atom stereocenters. The third-order valence-corrected chi connectivity index (χ3v) is 5.21. The van der Waals surface area contributed by atoms with E-state index in [9.17, 15) is 9.18 Å². The van der Waals surface area contributed by atoms with Gasteiger partial charge in [-0.25, -0.2) is 4.39 Å². The highest BCUT2D eigenvalue weighted by atomic mass is 19.1. The quantitative estimate of drug-likeness (QED) is 0.614. The van der Waals surface area contributed by atoms with Crippen LogP contribution in [-0.4, -0.2) is 41.7 Å². The summed E-state index contributed by atoms with van der Waals surface area (Å²) in [6.45, 7) is 0.630. The van der Waals surface area contributed by atoms with Gasteiger partial charge in [-0.1, -0.05) is 11.2 Å². The van der Waals surface area contributed by atoms with Crippen LogP contribution in [0.3, 0.4) is 0 Å². The molecule has 1 aliphatic rings. The first-order valence-corrected chi connectivity index (χ1v) is 9.69. The van der Waals surface area contributed by atoms with Gasteiger partial charge in [0.2, 0.25) is 17.6 Å². The summed E-state index contributed by atoms with van der Waals surface area (Å²) < 4.78 is 29.2. The molecule has 2 heterocycles. The smallest absolute Gasteiger partial charge is 0.249 e. The molecule has 0 radical (unpaired) electrons. The van der Waals surface area contributed by atoms with Crippen LogP contribution in [0.15, 0.2) is 47.0 Å². The number of likely N-dealkylation sites (tertiary alicyclic amines) is 1. The van der Waals surface area contributed by atoms with Gasteiger partial charge in [0.15, 0.2) is 11.5 Å². The molecular weight excluding hydrogens is 389 g/mol. The lowest BCUT2D eigenvalue weighted by Crippen LogP contribution is -2.32. The Hall–Kier alpha value is -3.42. The average Bonchev–Trinajstić information content (AvgIpc) is 3.43. The number of ether oxygens (including phenoxy) is 2. The fourth-order valence-corrected chi connectivity index (χ4v) is 3.68. The summed E-state index contributed by atoms with van der Waals surface area (Å²) in [5.41, 5.74) is 1.49. The molecule has 0 saturated carbocycles. The van der Waals surface area contributed by atoms with Gasteiger partial charge in [0, 0.05) is 12.1 Å². The number of hydrogen-bond acceptors (Lipinski definition) is 6. The number of carbonyl (C=O) groups is 1. The Labute approximate surface area is 173 Å². The summed E-state index contributed by atoms with van der Waals surface area (Å²) in [6.07, 6.45) is 1.84. The number of carbonyl (C=O) groups excluding carboxylic acids is 1. The Balaban J connectivity index is 1.50. The monoisotopic (exact) mass is 411 g/mol. The fourth-order valence-electron chi connectivity index (χ4n) is 3.68. The van der Waals surface area contributed by atoms with Gasteiger partial charge < -0.3 is 18.9 Å². The van der Waals surface area contributed by atoms with E-state index < -0.39 is 0 Å². The molecule has 3 aromatic rings. The molecule has 0 bridgehead atoms. The van der Waals surface area contributed by atoms with Crippen LogP contribution in [0, 0.1) is 5.82 Å². The number of halogens is 1. The van der Waals surface area contributed by atoms with Crippen LogP contribution >= 0.6 is 0 Å². The zero-order valence-electron chi connectivity index (χ0n) is 16.8. The van der Waals surface area contributed by atoms with E-state index in [0.29, 0.717) is 35.3 Å². The molecule has 1 fully saturated rings. The molecule has 8 heteroatoms. The Morgan fingerprint density at radius 3 is 2.67 bits per heavy atom. The summed E-state index contributed by atoms with van der Waals surface area (Å²) >= 11 is 0. The Bertz CT molecular complexity index is 1040. The Morgan fingerprint density at radius 1 is 1.17 bits per heavy atom. The zero-order chi connectivity index (χ0) is 21.1. The van der Waals surface area contributed by atoms with Crippen molar-refractivity contribution in [2.24, 2.45) is 0 Å². The molecule has 4 rings (SSSR count). The second-order valence-corrected chi connectivity index (χ2v) is 7.07. The fraction of sp³-hybridized carbons (Fsp3) is 0.318. The normalized spacial score (nSPS) is 16.0. The van der Waals surface area contributed by atoms with E-state index in [-0.39, 0.29) is 24.2 Å². The maximum Gasteiger partial charge on any atom is 0.249 e. The first-order valence-electron chi connectivity index (χ1n) is 9.69. The molecule has 1 aliphatic heterocycles. The molecule has 1 unspecified atom stereocenters. The Morgan fingerprint density at radius 2 is 1.93 bits per heavy atom. The SMILES string of the molecule is COc1ccc(CC(=O)N2CCCC2c2nc(-c3ccc(F)cc3)no2)cc1OC. The van der Waals surface area contributed by atoms with E-state index in [1.165, 1.54) is 12.1 Å². The minimum atomic E-state index is -0.329. The lowest BCUT2D eigenvalue weighted by atomic mass is 10.1. The summed E-state index contributed by atoms with van der Waals surface area (Å²) in [5.74, 6) is 1.63. The molecule has 30 heavy (non-hydrogen) atoms. The van der Waals surface area contributed by atoms with E-state index in [1.54, 1.807) is 43.4 Å². The van der Waals surface area contributed by atoms with Crippen molar-refractivity contribution in [2.45, 2.75) is 25.3 Å². The van der Waals surface area contributed by atoms with Gasteiger partial charge in [0.1, 0.15) is 11.9 Å². The number of aromatic nitrogens is 2. The number of amides is 1. The van der Waals surface area contributed by atoms with E-state index in [2.05, 4.69) is 10.1 Å². The van der Waals surface area contributed by atoms with Crippen LogP contribution in [0.4, 0.5) is 4.39 Å². The summed E-state index contributed by atoms with van der Waals surface area (Å²) in [6, 6.07) is 11.1. The van der Waals surface area contributed by atoms with Crippen LogP contribution in [0.5, 0.6) is 11.5 Å². The number of methoxy groups -OCH3 is 2. The van der Waals surface area contributed by atoms with Gasteiger partial charge in [0.25, 0.3) is 0 Å². The first kappa shape index (κ1) is 19.9. The molecule has 0 N–H and O–H groups in total. The third-order valence-electron chi connectivity index (χ3n) is 5.21. The van der Waals surface area contributed by atoms with Crippen molar-refractivity contribution in [3.8, 4) is 22.9 Å². The maximum atomic E-state index is 13.1. The van der Waals surface area contributed by atoms with Gasteiger partial charge in [-0.05, 0) is 54.8 Å². The van der Waals surface area contributed by atoms with Crippen molar-refractivity contribution in [1.82, 2.24) is 15.0 Å². The minimum Gasteiger partial charge on any atom is -0.493 e. The van der Waals surface area contributed by atoms with Crippen LogP contribution in [-0.2, 0) is 11.2 Å². The second-order valence-electron chi connectivity index (χ2n) is 7.07. The molecule has 1 saturated heterocycles. The van der Waals surface area contributed by atoms with E-state index in [0.717, 1.165) is 18.4 Å². The van der Waals surface area contributed by atoms with Crippen LogP contribution in [0.1, 0.15) is 30.3 Å². The van der Waals surface area contributed by atoms with Crippen molar-refractivity contribution >= 4 is 5.91 Å².